The molecule has 0 unspecified atom stereocenters. The largest absolute Gasteiger partial charge is 0.497 e. The summed E-state index contributed by atoms with van der Waals surface area (Å²) in [6.07, 6.45) is 1.57. The lowest BCUT2D eigenvalue weighted by molar-refractivity contribution is 0.0928. The van der Waals surface area contributed by atoms with Crippen LogP contribution in [0.1, 0.15) is 35.9 Å². The zero-order chi connectivity index (χ0) is 22.4. The molecule has 31 heavy (non-hydrogen) atoms. The maximum Gasteiger partial charge on any atom is 0.269 e. The fourth-order valence-electron chi connectivity index (χ4n) is 3.63. The molecule has 0 bridgehead atoms. The predicted octanol–water partition coefficient (Wildman–Crippen LogP) is 4.50. The van der Waals surface area contributed by atoms with Gasteiger partial charge in [0.05, 0.1) is 13.2 Å². The average molecular weight is 443 g/mol. The van der Waals surface area contributed by atoms with Crippen LogP contribution in [0.3, 0.4) is 0 Å². The van der Waals surface area contributed by atoms with E-state index in [1.54, 1.807) is 30.0 Å². The monoisotopic (exact) mass is 442 g/mol. The normalized spacial score (nSPS) is 12.0. The van der Waals surface area contributed by atoms with Gasteiger partial charge in [0, 0.05) is 18.4 Å². The number of nitrogens with one attached hydrogen (secondary N) is 2. The second kappa shape index (κ2) is 10.4. The Balaban J connectivity index is 1.85. The molecule has 164 valence electrons. The van der Waals surface area contributed by atoms with Gasteiger partial charge < -0.3 is 15.0 Å². The van der Waals surface area contributed by atoms with Crippen LogP contribution in [-0.2, 0) is 0 Å². The zero-order valence-corrected chi connectivity index (χ0v) is 18.7. The smallest absolute Gasteiger partial charge is 0.269 e. The number of rotatable bonds is 9. The summed E-state index contributed by atoms with van der Waals surface area (Å²) in [4.78, 5) is 18.2. The van der Waals surface area contributed by atoms with Crippen LogP contribution in [0.25, 0.3) is 5.69 Å². The topological polar surface area (TPSA) is 62.3 Å². The van der Waals surface area contributed by atoms with Gasteiger partial charge in [0.1, 0.15) is 17.3 Å². The van der Waals surface area contributed by atoms with E-state index >= 15 is 0 Å². The van der Waals surface area contributed by atoms with Crippen molar-refractivity contribution in [3.8, 4) is 11.4 Å². The number of halogens is 1. The van der Waals surface area contributed by atoms with Crippen LogP contribution in [0.4, 0.5) is 4.39 Å². The Kier molecular flexibility index (Phi) is 7.59. The van der Waals surface area contributed by atoms with Crippen LogP contribution in [0.5, 0.6) is 5.75 Å². The van der Waals surface area contributed by atoms with Crippen LogP contribution < -0.4 is 10.1 Å². The quantitative estimate of drug-likeness (QED) is 0.479. The molecule has 0 spiro atoms. The lowest BCUT2D eigenvalue weighted by Crippen LogP contribution is -2.38. The molecule has 1 aromatic heterocycles. The molecular weight excluding hydrogens is 415 g/mol. The number of carbonyl (C=O) groups is 1. The summed E-state index contributed by atoms with van der Waals surface area (Å²) in [5, 5.41) is 3.04. The van der Waals surface area contributed by atoms with Gasteiger partial charge in [-0.3, -0.25) is 14.3 Å². The highest BCUT2D eigenvalue weighted by Gasteiger charge is 2.21. The Morgan fingerprint density at radius 1 is 1.23 bits per heavy atom. The number of nitrogens with zero attached hydrogens (tertiary/aromatic N) is 2. The van der Waals surface area contributed by atoms with Crippen molar-refractivity contribution in [3.05, 3.63) is 76.6 Å². The van der Waals surface area contributed by atoms with Crippen LogP contribution in [0.2, 0.25) is 0 Å². The molecule has 0 aliphatic carbocycles. The molecule has 3 rings (SSSR count). The van der Waals surface area contributed by atoms with Gasteiger partial charge in [-0.2, -0.15) is 0 Å². The highest BCUT2D eigenvalue weighted by molar-refractivity contribution is 7.71. The Bertz CT molecular complexity index is 1070. The number of amides is 1. The predicted molar refractivity (Wildman–Crippen MR) is 122 cm³/mol. The zero-order valence-electron chi connectivity index (χ0n) is 17.9. The number of carbonyl (C=O) groups excluding carboxylic acids is 1. The van der Waals surface area contributed by atoms with Crippen molar-refractivity contribution in [1.29, 1.82) is 0 Å². The first-order valence-electron chi connectivity index (χ1n) is 10.2. The summed E-state index contributed by atoms with van der Waals surface area (Å²) >= 11 is 5.34. The molecule has 2 aromatic carbocycles. The summed E-state index contributed by atoms with van der Waals surface area (Å²) < 4.78 is 20.7. The number of methoxy groups -OCH3 is 1. The summed E-state index contributed by atoms with van der Waals surface area (Å²) in [5.41, 5.74) is 2.04. The van der Waals surface area contributed by atoms with Gasteiger partial charge in [-0.25, -0.2) is 4.39 Å². The van der Waals surface area contributed by atoms with E-state index in [-0.39, 0.29) is 17.8 Å². The third-order valence-electron chi connectivity index (χ3n) is 5.28. The van der Waals surface area contributed by atoms with E-state index in [9.17, 15) is 9.18 Å². The third-order valence-corrected chi connectivity index (χ3v) is 5.58. The molecule has 0 radical (unpaired) electrons. The molecule has 3 aromatic rings. The Labute approximate surface area is 186 Å². The van der Waals surface area contributed by atoms with Crippen LogP contribution in [0.15, 0.2) is 54.7 Å². The summed E-state index contributed by atoms with van der Waals surface area (Å²) in [5.74, 6) is 0.158. The first-order chi connectivity index (χ1) is 15.0. The fourth-order valence-corrected chi connectivity index (χ4v) is 3.90. The molecule has 1 atom stereocenters. The van der Waals surface area contributed by atoms with Crippen LogP contribution in [0, 0.1) is 10.6 Å². The third kappa shape index (κ3) is 5.21. The molecule has 0 fully saturated rings. The number of aromatic amines is 1. The Morgan fingerprint density at radius 3 is 2.58 bits per heavy atom. The van der Waals surface area contributed by atoms with Crippen molar-refractivity contribution in [2.75, 3.05) is 26.7 Å². The number of likely N-dealkylation sites (N-methyl/N-ethyl adjacent to an activating group) is 1. The number of H-pyrrole nitrogens is 1. The van der Waals surface area contributed by atoms with Crippen molar-refractivity contribution < 1.29 is 13.9 Å². The number of ether oxygens (including phenoxy) is 1. The molecular formula is C23H27FN4O2S. The lowest BCUT2D eigenvalue weighted by atomic mass is 10.0. The van der Waals surface area contributed by atoms with Crippen LogP contribution >= 0.6 is 12.2 Å². The van der Waals surface area contributed by atoms with Gasteiger partial charge in [-0.15, -0.1) is 0 Å². The van der Waals surface area contributed by atoms with E-state index in [0.717, 1.165) is 24.4 Å². The Hall–Kier alpha value is -2.97. The SMILES string of the molecule is CCN(CC)[C@@H](CNC(=O)c1c[nH]c(=S)n1-c1ccc(F)cc1)c1cccc(OC)c1. The minimum Gasteiger partial charge on any atom is -0.497 e. The highest BCUT2D eigenvalue weighted by Crippen LogP contribution is 2.24. The van der Waals surface area contributed by atoms with E-state index in [0.29, 0.717) is 22.7 Å². The molecule has 0 aliphatic heterocycles. The number of imidazole rings is 1. The van der Waals surface area contributed by atoms with Gasteiger partial charge in [0.2, 0.25) is 0 Å². The number of aromatic nitrogens is 2. The summed E-state index contributed by atoms with van der Waals surface area (Å²) in [6, 6.07) is 13.7. The first kappa shape index (κ1) is 22.7. The second-order valence-electron chi connectivity index (χ2n) is 7.01. The van der Waals surface area contributed by atoms with Gasteiger partial charge in [-0.1, -0.05) is 26.0 Å². The molecule has 0 saturated carbocycles. The molecule has 1 amide bonds. The standard InChI is InChI=1S/C23H27FN4O2S/c1-4-27(5-2)20(16-7-6-8-19(13-16)30-3)14-25-22(29)21-15-26-23(31)28(21)18-11-9-17(24)10-12-18/h6-13,15,20H,4-5,14H2,1-3H3,(H,25,29)(H,26,31)/t20-/m0/s1. The van der Waals surface area contributed by atoms with Gasteiger partial charge in [0.15, 0.2) is 4.77 Å². The van der Waals surface area contributed by atoms with Crippen molar-refractivity contribution in [2.24, 2.45) is 0 Å². The number of hydrogen-bond donors (Lipinski definition) is 2. The van der Waals surface area contributed by atoms with Crippen molar-refractivity contribution in [1.82, 2.24) is 19.8 Å². The van der Waals surface area contributed by atoms with Crippen LogP contribution in [-0.4, -0.2) is 47.1 Å². The first-order valence-corrected chi connectivity index (χ1v) is 10.6. The van der Waals surface area contributed by atoms with Crippen molar-refractivity contribution in [2.45, 2.75) is 19.9 Å². The van der Waals surface area contributed by atoms with E-state index in [1.165, 1.54) is 12.1 Å². The fraction of sp³-hybridized carbons (Fsp3) is 0.304. The van der Waals surface area contributed by atoms with Gasteiger partial charge in [0.25, 0.3) is 5.91 Å². The lowest BCUT2D eigenvalue weighted by Gasteiger charge is -2.30. The second-order valence-corrected chi connectivity index (χ2v) is 7.40. The maximum atomic E-state index is 13.3. The van der Waals surface area contributed by atoms with Gasteiger partial charge >= 0.3 is 0 Å². The minimum absolute atomic E-state index is 0.0183. The van der Waals surface area contributed by atoms with E-state index in [1.807, 2.05) is 24.3 Å². The van der Waals surface area contributed by atoms with Gasteiger partial charge in [-0.05, 0) is 67.3 Å². The molecule has 6 nitrogen and oxygen atoms in total. The number of hydrogen-bond acceptors (Lipinski definition) is 4. The summed E-state index contributed by atoms with van der Waals surface area (Å²) in [7, 11) is 1.64. The van der Waals surface area contributed by atoms with Crippen molar-refractivity contribution in [3.63, 3.8) is 0 Å². The van der Waals surface area contributed by atoms with E-state index < -0.39 is 0 Å². The highest BCUT2D eigenvalue weighted by atomic mass is 32.1. The summed E-state index contributed by atoms with van der Waals surface area (Å²) in [6.45, 7) is 6.27. The molecule has 1 heterocycles. The molecule has 0 aliphatic rings. The van der Waals surface area contributed by atoms with E-state index in [4.69, 9.17) is 17.0 Å². The van der Waals surface area contributed by atoms with Crippen molar-refractivity contribution >= 4 is 18.1 Å². The minimum atomic E-state index is -0.350. The van der Waals surface area contributed by atoms with E-state index in [2.05, 4.69) is 29.0 Å². The molecule has 2 N–H and O–H groups in total. The maximum absolute atomic E-state index is 13.3. The Morgan fingerprint density at radius 2 is 1.94 bits per heavy atom. The molecule has 8 heteroatoms. The number of benzene rings is 2. The molecule has 0 saturated heterocycles. The average Bonchev–Trinajstić information content (AvgIpc) is 3.18.